The van der Waals surface area contributed by atoms with Crippen LogP contribution < -0.4 is 5.73 Å². The van der Waals surface area contributed by atoms with Crippen molar-refractivity contribution in [2.24, 2.45) is 16.1 Å². The summed E-state index contributed by atoms with van der Waals surface area (Å²) in [7, 11) is 0. The lowest BCUT2D eigenvalue weighted by atomic mass is 9.95. The number of hydrogen-bond donors (Lipinski definition) is 1. The molecule has 0 fully saturated rings. The van der Waals surface area contributed by atoms with Crippen LogP contribution >= 0.6 is 15.9 Å². The van der Waals surface area contributed by atoms with Gasteiger partial charge in [0.2, 0.25) is 0 Å². The molecule has 0 saturated carbocycles. The molecule has 0 aromatic heterocycles. The third-order valence-electron chi connectivity index (χ3n) is 2.18. The number of nitrogens with zero attached hydrogens (tertiary/aromatic N) is 1. The van der Waals surface area contributed by atoms with Crippen LogP contribution in [0.5, 0.6) is 0 Å². The highest BCUT2D eigenvalue weighted by Crippen LogP contribution is 2.25. The minimum absolute atomic E-state index is 0.0885. The summed E-state index contributed by atoms with van der Waals surface area (Å²) < 4.78 is 1.02. The Bertz CT molecular complexity index is 389. The van der Waals surface area contributed by atoms with Crippen molar-refractivity contribution >= 4 is 27.5 Å². The Morgan fingerprint density at radius 3 is 2.47 bits per heavy atom. The molecular weight excluding hydrogens is 252 g/mol. The summed E-state index contributed by atoms with van der Waals surface area (Å²) in [4.78, 5) is 4.46. The van der Waals surface area contributed by atoms with Gasteiger partial charge in [0.1, 0.15) is 5.84 Å². The molecule has 1 rings (SSSR count). The number of rotatable bonds is 1. The van der Waals surface area contributed by atoms with Crippen LogP contribution in [0.1, 0.15) is 26.3 Å². The molecule has 0 heterocycles. The van der Waals surface area contributed by atoms with Crippen LogP contribution in [0.2, 0.25) is 0 Å². The highest BCUT2D eigenvalue weighted by atomic mass is 79.9. The molecule has 0 bridgehead atoms. The summed E-state index contributed by atoms with van der Waals surface area (Å²) >= 11 is 3.43. The van der Waals surface area contributed by atoms with E-state index >= 15 is 0 Å². The summed E-state index contributed by atoms with van der Waals surface area (Å²) in [5.74, 6) is 0.656. The fraction of sp³-hybridized carbons (Fsp3) is 0.417. The zero-order valence-electron chi connectivity index (χ0n) is 9.63. The molecule has 0 saturated heterocycles. The van der Waals surface area contributed by atoms with Crippen LogP contribution in [0.15, 0.2) is 27.7 Å². The largest absolute Gasteiger partial charge is 0.387 e. The molecule has 3 heteroatoms. The van der Waals surface area contributed by atoms with E-state index in [0.29, 0.717) is 5.84 Å². The first-order chi connectivity index (χ1) is 6.80. The zero-order chi connectivity index (χ0) is 11.6. The Hall–Kier alpha value is -0.830. The van der Waals surface area contributed by atoms with Crippen LogP contribution in [0.25, 0.3) is 0 Å². The molecule has 1 aromatic carbocycles. The van der Waals surface area contributed by atoms with E-state index in [2.05, 4.69) is 41.7 Å². The van der Waals surface area contributed by atoms with Gasteiger partial charge in [-0.05, 0) is 24.6 Å². The average Bonchev–Trinajstić information content (AvgIpc) is 2.09. The average molecular weight is 269 g/mol. The third-order valence-corrected chi connectivity index (χ3v) is 2.67. The molecule has 0 aliphatic carbocycles. The predicted octanol–water partition coefficient (Wildman–Crippen LogP) is 3.79. The third kappa shape index (κ3) is 3.34. The van der Waals surface area contributed by atoms with Gasteiger partial charge in [0.15, 0.2) is 0 Å². The van der Waals surface area contributed by atoms with Crippen LogP contribution in [-0.4, -0.2) is 5.84 Å². The van der Waals surface area contributed by atoms with Gasteiger partial charge in [-0.25, -0.2) is 4.99 Å². The lowest BCUT2D eigenvalue weighted by Crippen LogP contribution is -2.28. The minimum Gasteiger partial charge on any atom is -0.387 e. The van der Waals surface area contributed by atoms with Crippen molar-refractivity contribution in [1.82, 2.24) is 0 Å². The molecule has 0 unspecified atom stereocenters. The number of aliphatic imine (C=N–C) groups is 1. The van der Waals surface area contributed by atoms with Crippen molar-refractivity contribution < 1.29 is 0 Å². The summed E-state index contributed by atoms with van der Waals surface area (Å²) in [6.07, 6.45) is 0. The maximum Gasteiger partial charge on any atom is 0.105 e. The Labute approximate surface area is 99.7 Å². The predicted molar refractivity (Wildman–Crippen MR) is 69.6 cm³/mol. The van der Waals surface area contributed by atoms with Gasteiger partial charge in [-0.1, -0.05) is 42.8 Å². The van der Waals surface area contributed by atoms with E-state index in [1.54, 1.807) is 0 Å². The van der Waals surface area contributed by atoms with Gasteiger partial charge in [-0.3, -0.25) is 0 Å². The number of hydrogen-bond acceptors (Lipinski definition) is 1. The Balaban J connectivity index is 3.13. The second-order valence-corrected chi connectivity index (χ2v) is 5.59. The zero-order valence-corrected chi connectivity index (χ0v) is 11.2. The van der Waals surface area contributed by atoms with Gasteiger partial charge in [0.25, 0.3) is 0 Å². The number of amidine groups is 1. The number of halogens is 1. The molecule has 82 valence electrons. The topological polar surface area (TPSA) is 38.4 Å². The monoisotopic (exact) mass is 268 g/mol. The van der Waals surface area contributed by atoms with Gasteiger partial charge in [0.05, 0.1) is 5.69 Å². The molecule has 2 N–H and O–H groups in total. The Kier molecular flexibility index (Phi) is 3.55. The number of benzene rings is 1. The van der Waals surface area contributed by atoms with Gasteiger partial charge < -0.3 is 5.73 Å². The lowest BCUT2D eigenvalue weighted by molar-refractivity contribution is 0.585. The van der Waals surface area contributed by atoms with E-state index in [0.717, 1.165) is 15.7 Å². The molecule has 15 heavy (non-hydrogen) atoms. The van der Waals surface area contributed by atoms with Crippen molar-refractivity contribution in [2.75, 3.05) is 0 Å². The maximum absolute atomic E-state index is 5.94. The van der Waals surface area contributed by atoms with Gasteiger partial charge in [-0.15, -0.1) is 0 Å². The molecule has 0 aliphatic heterocycles. The SMILES string of the molecule is Cc1ccc(Br)cc1N=C(N)C(C)(C)C. The second kappa shape index (κ2) is 4.35. The van der Waals surface area contributed by atoms with Crippen molar-refractivity contribution in [2.45, 2.75) is 27.7 Å². The van der Waals surface area contributed by atoms with Gasteiger partial charge in [-0.2, -0.15) is 0 Å². The second-order valence-electron chi connectivity index (χ2n) is 4.68. The summed E-state index contributed by atoms with van der Waals surface area (Å²) in [6.45, 7) is 8.19. The number of aryl methyl sites for hydroxylation is 1. The Morgan fingerprint density at radius 2 is 1.93 bits per heavy atom. The molecule has 0 spiro atoms. The lowest BCUT2D eigenvalue weighted by Gasteiger charge is -2.17. The van der Waals surface area contributed by atoms with Crippen molar-refractivity contribution in [1.29, 1.82) is 0 Å². The van der Waals surface area contributed by atoms with Gasteiger partial charge in [0, 0.05) is 9.89 Å². The van der Waals surface area contributed by atoms with E-state index < -0.39 is 0 Å². The molecule has 0 amide bonds. The van der Waals surface area contributed by atoms with Crippen LogP contribution in [0, 0.1) is 12.3 Å². The van der Waals surface area contributed by atoms with E-state index in [4.69, 9.17) is 5.73 Å². The quantitative estimate of drug-likeness (QED) is 0.611. The molecule has 2 nitrogen and oxygen atoms in total. The maximum atomic E-state index is 5.94. The van der Waals surface area contributed by atoms with E-state index in [1.165, 1.54) is 0 Å². The fourth-order valence-corrected chi connectivity index (χ4v) is 1.35. The van der Waals surface area contributed by atoms with Crippen LogP contribution in [0.4, 0.5) is 5.69 Å². The van der Waals surface area contributed by atoms with Gasteiger partial charge >= 0.3 is 0 Å². The summed E-state index contributed by atoms with van der Waals surface area (Å²) in [6, 6.07) is 6.01. The Morgan fingerprint density at radius 1 is 1.33 bits per heavy atom. The highest BCUT2D eigenvalue weighted by molar-refractivity contribution is 9.10. The number of nitrogens with two attached hydrogens (primary N) is 1. The van der Waals surface area contributed by atoms with Crippen LogP contribution in [0.3, 0.4) is 0 Å². The first-order valence-electron chi connectivity index (χ1n) is 4.91. The summed E-state index contributed by atoms with van der Waals surface area (Å²) in [5, 5.41) is 0. The summed E-state index contributed by atoms with van der Waals surface area (Å²) in [5.41, 5.74) is 7.91. The van der Waals surface area contributed by atoms with E-state index in [1.807, 2.05) is 25.1 Å². The fourth-order valence-electron chi connectivity index (χ4n) is 1.00. The first kappa shape index (κ1) is 12.2. The molecule has 0 atom stereocenters. The molecule has 0 radical (unpaired) electrons. The standard InChI is InChI=1S/C12H17BrN2/c1-8-5-6-9(13)7-10(8)15-11(14)12(2,3)4/h5-7H,1-4H3,(H2,14,15). The molecular formula is C12H17BrN2. The van der Waals surface area contributed by atoms with E-state index in [9.17, 15) is 0 Å². The molecule has 0 aliphatic rings. The first-order valence-corrected chi connectivity index (χ1v) is 5.71. The van der Waals surface area contributed by atoms with E-state index in [-0.39, 0.29) is 5.41 Å². The molecule has 1 aromatic rings. The van der Waals surface area contributed by atoms with Crippen molar-refractivity contribution in [3.8, 4) is 0 Å². The normalized spacial score (nSPS) is 13.0. The minimum atomic E-state index is -0.0885. The highest BCUT2D eigenvalue weighted by Gasteiger charge is 2.15. The van der Waals surface area contributed by atoms with Crippen LogP contribution in [-0.2, 0) is 0 Å². The van der Waals surface area contributed by atoms with Crippen molar-refractivity contribution in [3.63, 3.8) is 0 Å². The smallest absolute Gasteiger partial charge is 0.105 e. The van der Waals surface area contributed by atoms with Crippen molar-refractivity contribution in [3.05, 3.63) is 28.2 Å².